The van der Waals surface area contributed by atoms with Crippen molar-refractivity contribution in [3.8, 4) is 0 Å². The van der Waals surface area contributed by atoms with Gasteiger partial charge in [0.05, 0.1) is 6.10 Å². The molecular weight excluding hydrogens is 218 g/mol. The van der Waals surface area contributed by atoms with Crippen molar-refractivity contribution in [1.29, 1.82) is 0 Å². The highest BCUT2D eigenvalue weighted by molar-refractivity contribution is 6.28. The molecule has 0 spiro atoms. The maximum atomic E-state index is 11.5. The quantitative estimate of drug-likeness (QED) is 0.743. The zero-order valence-corrected chi connectivity index (χ0v) is 9.25. The van der Waals surface area contributed by atoms with Crippen LogP contribution in [0.2, 0.25) is 5.28 Å². The fraction of sp³-hybridized carbons (Fsp3) is 0.444. The van der Waals surface area contributed by atoms with Gasteiger partial charge in [-0.05, 0) is 31.5 Å². The maximum Gasteiger partial charge on any atom is 0.270 e. The molecule has 0 aromatic carbocycles. The molecule has 1 amide bonds. The van der Waals surface area contributed by atoms with E-state index in [0.29, 0.717) is 5.69 Å². The van der Waals surface area contributed by atoms with Gasteiger partial charge in [0.2, 0.25) is 5.28 Å². The van der Waals surface area contributed by atoms with E-state index in [-0.39, 0.29) is 23.4 Å². The largest absolute Gasteiger partial charge is 0.392 e. The molecule has 0 saturated heterocycles. The van der Waals surface area contributed by atoms with Gasteiger partial charge in [0.25, 0.3) is 5.91 Å². The van der Waals surface area contributed by atoms with E-state index in [9.17, 15) is 4.79 Å². The molecule has 0 saturated carbocycles. The fourth-order valence-electron chi connectivity index (χ4n) is 0.980. The van der Waals surface area contributed by atoms with Crippen LogP contribution in [0.1, 0.15) is 23.1 Å². The molecule has 0 aliphatic heterocycles. The highest BCUT2D eigenvalue weighted by atomic mass is 35.5. The SMILES string of the molecule is Cc1cc(C(=O)NCC(C)O)nc(Cl)n1. The summed E-state index contributed by atoms with van der Waals surface area (Å²) in [6.07, 6.45) is -0.590. The first-order valence-corrected chi connectivity index (χ1v) is 4.84. The van der Waals surface area contributed by atoms with E-state index < -0.39 is 6.10 Å². The number of nitrogens with one attached hydrogen (secondary N) is 1. The predicted octanol–water partition coefficient (Wildman–Crippen LogP) is 0.549. The summed E-state index contributed by atoms with van der Waals surface area (Å²) in [4.78, 5) is 19.1. The summed E-state index contributed by atoms with van der Waals surface area (Å²) < 4.78 is 0. The molecule has 1 heterocycles. The number of halogens is 1. The van der Waals surface area contributed by atoms with Crippen LogP contribution in [0.15, 0.2) is 6.07 Å². The zero-order chi connectivity index (χ0) is 11.4. The van der Waals surface area contributed by atoms with E-state index in [1.54, 1.807) is 13.8 Å². The summed E-state index contributed by atoms with van der Waals surface area (Å²) >= 11 is 5.61. The molecule has 0 radical (unpaired) electrons. The number of aryl methyl sites for hydroxylation is 1. The van der Waals surface area contributed by atoms with Crippen molar-refractivity contribution < 1.29 is 9.90 Å². The van der Waals surface area contributed by atoms with E-state index in [0.717, 1.165) is 0 Å². The normalized spacial score (nSPS) is 12.3. The molecule has 1 atom stereocenters. The second-order valence-electron chi connectivity index (χ2n) is 3.22. The summed E-state index contributed by atoms with van der Waals surface area (Å²) in [5, 5.41) is 11.5. The van der Waals surface area contributed by atoms with Gasteiger partial charge in [-0.15, -0.1) is 0 Å². The van der Waals surface area contributed by atoms with Gasteiger partial charge in [0.15, 0.2) is 0 Å². The molecule has 15 heavy (non-hydrogen) atoms. The first-order chi connectivity index (χ1) is 6.99. The van der Waals surface area contributed by atoms with Crippen LogP contribution >= 0.6 is 11.6 Å². The van der Waals surface area contributed by atoms with Crippen LogP contribution in [-0.4, -0.2) is 33.6 Å². The number of amides is 1. The summed E-state index contributed by atoms with van der Waals surface area (Å²) in [7, 11) is 0. The molecule has 0 fully saturated rings. The van der Waals surface area contributed by atoms with Crippen molar-refractivity contribution in [2.75, 3.05) is 6.54 Å². The molecule has 0 aliphatic carbocycles. The number of hydrogen-bond acceptors (Lipinski definition) is 4. The lowest BCUT2D eigenvalue weighted by Crippen LogP contribution is -2.31. The molecule has 82 valence electrons. The Hall–Kier alpha value is -1.20. The summed E-state index contributed by atoms with van der Waals surface area (Å²) in [6, 6.07) is 1.53. The minimum Gasteiger partial charge on any atom is -0.392 e. The van der Waals surface area contributed by atoms with Crippen LogP contribution in [0.3, 0.4) is 0 Å². The van der Waals surface area contributed by atoms with Gasteiger partial charge in [-0.3, -0.25) is 4.79 Å². The smallest absolute Gasteiger partial charge is 0.270 e. The van der Waals surface area contributed by atoms with Crippen molar-refractivity contribution in [2.24, 2.45) is 0 Å². The number of hydrogen-bond donors (Lipinski definition) is 2. The number of carbonyl (C=O) groups excluding carboxylic acids is 1. The van der Waals surface area contributed by atoms with Crippen LogP contribution in [0, 0.1) is 6.92 Å². The van der Waals surface area contributed by atoms with Crippen LogP contribution < -0.4 is 5.32 Å². The average molecular weight is 230 g/mol. The van der Waals surface area contributed by atoms with Crippen molar-refractivity contribution in [3.05, 3.63) is 22.7 Å². The van der Waals surface area contributed by atoms with E-state index in [4.69, 9.17) is 16.7 Å². The molecule has 2 N–H and O–H groups in total. The highest BCUT2D eigenvalue weighted by Crippen LogP contribution is 2.04. The number of rotatable bonds is 3. The van der Waals surface area contributed by atoms with Gasteiger partial charge in [-0.25, -0.2) is 9.97 Å². The van der Waals surface area contributed by atoms with Crippen LogP contribution in [0.5, 0.6) is 0 Å². The van der Waals surface area contributed by atoms with Crippen molar-refractivity contribution in [2.45, 2.75) is 20.0 Å². The Labute approximate surface area is 92.5 Å². The molecule has 0 bridgehead atoms. The van der Waals surface area contributed by atoms with Crippen LogP contribution in [-0.2, 0) is 0 Å². The van der Waals surface area contributed by atoms with Crippen molar-refractivity contribution in [1.82, 2.24) is 15.3 Å². The highest BCUT2D eigenvalue weighted by Gasteiger charge is 2.09. The Morgan fingerprint density at radius 3 is 2.87 bits per heavy atom. The van der Waals surface area contributed by atoms with Gasteiger partial charge in [0.1, 0.15) is 5.69 Å². The molecule has 1 aromatic heterocycles. The van der Waals surface area contributed by atoms with E-state index >= 15 is 0 Å². The Kier molecular flexibility index (Phi) is 3.99. The van der Waals surface area contributed by atoms with Gasteiger partial charge in [0, 0.05) is 12.2 Å². The third-order valence-electron chi connectivity index (χ3n) is 1.62. The minimum atomic E-state index is -0.590. The van der Waals surface area contributed by atoms with Gasteiger partial charge < -0.3 is 10.4 Å². The molecule has 5 nitrogen and oxygen atoms in total. The van der Waals surface area contributed by atoms with Crippen molar-refractivity contribution in [3.63, 3.8) is 0 Å². The van der Waals surface area contributed by atoms with Crippen LogP contribution in [0.4, 0.5) is 0 Å². The maximum absolute atomic E-state index is 11.5. The topological polar surface area (TPSA) is 75.1 Å². The predicted molar refractivity (Wildman–Crippen MR) is 55.8 cm³/mol. The van der Waals surface area contributed by atoms with E-state index in [1.165, 1.54) is 6.07 Å². The Bertz CT molecular complexity index is 348. The first kappa shape index (κ1) is 11.9. The Morgan fingerprint density at radius 2 is 2.33 bits per heavy atom. The number of aromatic nitrogens is 2. The van der Waals surface area contributed by atoms with E-state index in [2.05, 4.69) is 15.3 Å². The molecule has 1 rings (SSSR count). The van der Waals surface area contributed by atoms with Crippen LogP contribution in [0.25, 0.3) is 0 Å². The second kappa shape index (κ2) is 5.04. The van der Waals surface area contributed by atoms with Crippen molar-refractivity contribution >= 4 is 17.5 Å². The van der Waals surface area contributed by atoms with Gasteiger partial charge in [-0.1, -0.05) is 0 Å². The summed E-state index contributed by atoms with van der Waals surface area (Å²) in [5.41, 5.74) is 0.824. The molecule has 0 aliphatic rings. The number of aliphatic hydroxyl groups excluding tert-OH is 1. The lowest BCUT2D eigenvalue weighted by atomic mass is 10.3. The Morgan fingerprint density at radius 1 is 1.67 bits per heavy atom. The fourth-order valence-corrected chi connectivity index (χ4v) is 1.20. The standard InChI is InChI=1S/C9H12ClN3O2/c1-5-3-7(13-9(10)12-5)8(15)11-4-6(2)14/h3,6,14H,4H2,1-2H3,(H,11,15). The monoisotopic (exact) mass is 229 g/mol. The summed E-state index contributed by atoms with van der Waals surface area (Å²) in [5.74, 6) is -0.372. The number of carbonyl (C=O) groups is 1. The number of nitrogens with zero attached hydrogens (tertiary/aromatic N) is 2. The average Bonchev–Trinajstić information content (AvgIpc) is 2.12. The Balaban J connectivity index is 2.73. The zero-order valence-electron chi connectivity index (χ0n) is 8.49. The van der Waals surface area contributed by atoms with Gasteiger partial charge >= 0.3 is 0 Å². The molecule has 1 aromatic rings. The molecular formula is C9H12ClN3O2. The second-order valence-corrected chi connectivity index (χ2v) is 3.56. The van der Waals surface area contributed by atoms with E-state index in [1.807, 2.05) is 0 Å². The lowest BCUT2D eigenvalue weighted by molar-refractivity contribution is 0.0919. The third-order valence-corrected chi connectivity index (χ3v) is 1.79. The van der Waals surface area contributed by atoms with Gasteiger partial charge in [-0.2, -0.15) is 0 Å². The summed E-state index contributed by atoms with van der Waals surface area (Å²) in [6.45, 7) is 3.48. The minimum absolute atomic E-state index is 0.0391. The first-order valence-electron chi connectivity index (χ1n) is 4.46. The number of aliphatic hydroxyl groups is 1. The lowest BCUT2D eigenvalue weighted by Gasteiger charge is -2.06. The molecule has 6 heteroatoms. The molecule has 1 unspecified atom stereocenters. The third kappa shape index (κ3) is 3.81.